The minimum atomic E-state index is -0.931. The van der Waals surface area contributed by atoms with Gasteiger partial charge < -0.3 is 10.1 Å². The number of fused-ring (bicyclic) bond motifs is 1. The van der Waals surface area contributed by atoms with E-state index in [1.807, 2.05) is 43.3 Å². The number of esters is 1. The fraction of sp³-hybridized carbons (Fsp3) is 0.238. The number of amides is 1. The molecule has 1 N–H and O–H groups in total. The number of nitrogens with one attached hydrogen (secondary N) is 1. The minimum absolute atomic E-state index is 0.242. The normalized spacial score (nSPS) is 11.8. The second-order valence-electron chi connectivity index (χ2n) is 6.56. The molecule has 0 saturated carbocycles. The maximum absolute atomic E-state index is 12.8. The van der Waals surface area contributed by atoms with Crippen LogP contribution in [0.4, 0.5) is 0 Å². The van der Waals surface area contributed by atoms with Crippen molar-refractivity contribution in [2.75, 3.05) is 7.11 Å². The van der Waals surface area contributed by atoms with E-state index in [4.69, 9.17) is 4.74 Å². The molecule has 144 valence electrons. The minimum Gasteiger partial charge on any atom is -0.467 e. The first-order valence-electron chi connectivity index (χ1n) is 8.81. The summed E-state index contributed by atoms with van der Waals surface area (Å²) < 4.78 is 6.29. The van der Waals surface area contributed by atoms with E-state index in [-0.39, 0.29) is 12.1 Å². The predicted molar refractivity (Wildman–Crippen MR) is 105 cm³/mol. The third-order valence-corrected chi connectivity index (χ3v) is 4.50. The van der Waals surface area contributed by atoms with Crippen LogP contribution in [0.5, 0.6) is 0 Å². The summed E-state index contributed by atoms with van der Waals surface area (Å²) in [6, 6.07) is 13.7. The van der Waals surface area contributed by atoms with E-state index in [1.165, 1.54) is 11.8 Å². The third-order valence-electron chi connectivity index (χ3n) is 4.50. The Hall–Kier alpha value is -3.48. The Bertz CT molecular complexity index is 1090. The van der Waals surface area contributed by atoms with Gasteiger partial charge in [-0.15, -0.1) is 0 Å². The van der Waals surface area contributed by atoms with Crippen molar-refractivity contribution in [2.45, 2.75) is 19.4 Å². The Morgan fingerprint density at radius 3 is 2.57 bits per heavy atom. The molecule has 1 aromatic heterocycles. The maximum atomic E-state index is 12.8. The van der Waals surface area contributed by atoms with Crippen molar-refractivity contribution in [2.24, 2.45) is 7.05 Å². The van der Waals surface area contributed by atoms with Crippen LogP contribution in [0.1, 0.15) is 21.6 Å². The van der Waals surface area contributed by atoms with Crippen LogP contribution in [0.2, 0.25) is 0 Å². The molecule has 0 aliphatic rings. The number of aryl methyl sites for hydroxylation is 2. The van der Waals surface area contributed by atoms with E-state index < -0.39 is 23.3 Å². The molecule has 3 aromatic rings. The molecular formula is C21H21N3O4. The lowest BCUT2D eigenvalue weighted by atomic mass is 10.1. The van der Waals surface area contributed by atoms with Gasteiger partial charge in [-0.05, 0) is 24.6 Å². The Labute approximate surface area is 161 Å². The van der Waals surface area contributed by atoms with Crippen LogP contribution in [0, 0.1) is 6.92 Å². The average Bonchev–Trinajstić information content (AvgIpc) is 2.70. The highest BCUT2D eigenvalue weighted by molar-refractivity contribution is 5.97. The predicted octanol–water partition coefficient (Wildman–Crippen LogP) is 1.76. The molecule has 0 saturated heterocycles. The highest BCUT2D eigenvalue weighted by Gasteiger charge is 2.25. The first kappa shape index (κ1) is 19.3. The highest BCUT2D eigenvalue weighted by Crippen LogP contribution is 2.12. The molecule has 3 rings (SSSR count). The molecule has 0 fully saturated rings. The largest absolute Gasteiger partial charge is 0.467 e. The first-order valence-corrected chi connectivity index (χ1v) is 8.81. The summed E-state index contributed by atoms with van der Waals surface area (Å²) in [5, 5.41) is 7.11. The van der Waals surface area contributed by atoms with Crippen molar-refractivity contribution in [3.05, 3.63) is 75.6 Å². The van der Waals surface area contributed by atoms with Gasteiger partial charge in [0.2, 0.25) is 5.43 Å². The second kappa shape index (κ2) is 8.04. The summed E-state index contributed by atoms with van der Waals surface area (Å²) in [7, 11) is 2.91. The summed E-state index contributed by atoms with van der Waals surface area (Å²) in [6.45, 7) is 1.87. The standard InChI is InChI=1S/C21H21N3O4/c1-13-9-10-17-15(11-13)19(25)18(23-24(17)2)20(26)22-16(21(27)28-3)12-14-7-5-4-6-8-14/h4-11,16H,12H2,1-3H3,(H,22,26). The summed E-state index contributed by atoms with van der Waals surface area (Å²) in [4.78, 5) is 37.7. The molecule has 0 bridgehead atoms. The van der Waals surface area contributed by atoms with E-state index in [9.17, 15) is 14.4 Å². The molecule has 28 heavy (non-hydrogen) atoms. The number of hydrogen-bond donors (Lipinski definition) is 1. The molecule has 1 atom stereocenters. The number of ether oxygens (including phenoxy) is 1. The number of rotatable bonds is 5. The zero-order valence-corrected chi connectivity index (χ0v) is 15.9. The fourth-order valence-electron chi connectivity index (χ4n) is 3.05. The second-order valence-corrected chi connectivity index (χ2v) is 6.56. The number of nitrogens with zero attached hydrogens (tertiary/aromatic N) is 2. The lowest BCUT2D eigenvalue weighted by molar-refractivity contribution is -0.142. The monoisotopic (exact) mass is 379 g/mol. The van der Waals surface area contributed by atoms with Gasteiger partial charge in [-0.2, -0.15) is 5.10 Å². The van der Waals surface area contributed by atoms with Crippen molar-refractivity contribution in [3.8, 4) is 0 Å². The number of methoxy groups -OCH3 is 1. The van der Waals surface area contributed by atoms with Crippen LogP contribution < -0.4 is 10.7 Å². The van der Waals surface area contributed by atoms with Crippen LogP contribution in [0.15, 0.2) is 53.3 Å². The van der Waals surface area contributed by atoms with Crippen molar-refractivity contribution in [3.63, 3.8) is 0 Å². The number of hydrogen-bond acceptors (Lipinski definition) is 5. The van der Waals surface area contributed by atoms with E-state index in [0.29, 0.717) is 10.9 Å². The van der Waals surface area contributed by atoms with E-state index in [2.05, 4.69) is 10.4 Å². The molecule has 2 aromatic carbocycles. The smallest absolute Gasteiger partial charge is 0.328 e. The van der Waals surface area contributed by atoms with E-state index in [0.717, 1.165) is 11.1 Å². The van der Waals surface area contributed by atoms with Crippen LogP contribution in [0.3, 0.4) is 0 Å². The maximum Gasteiger partial charge on any atom is 0.328 e. The SMILES string of the molecule is COC(=O)C(Cc1ccccc1)NC(=O)c1nn(C)c2ccc(C)cc2c1=O. The molecular weight excluding hydrogens is 358 g/mol. The molecule has 1 heterocycles. The summed E-state index contributed by atoms with van der Waals surface area (Å²) >= 11 is 0. The Balaban J connectivity index is 1.94. The molecule has 7 nitrogen and oxygen atoms in total. The van der Waals surface area contributed by atoms with Gasteiger partial charge in [0.05, 0.1) is 18.0 Å². The third kappa shape index (κ3) is 3.93. The number of benzene rings is 2. The molecule has 0 aliphatic heterocycles. The quantitative estimate of drug-likeness (QED) is 0.682. The number of carbonyl (C=O) groups is 2. The van der Waals surface area contributed by atoms with Crippen molar-refractivity contribution in [1.82, 2.24) is 15.1 Å². The van der Waals surface area contributed by atoms with E-state index >= 15 is 0 Å². The first-order chi connectivity index (χ1) is 13.4. The number of carbonyl (C=O) groups excluding carboxylic acids is 2. The van der Waals surface area contributed by atoms with Gasteiger partial charge in [0.15, 0.2) is 5.69 Å². The molecule has 7 heteroatoms. The lowest BCUT2D eigenvalue weighted by Crippen LogP contribution is -2.45. The molecule has 1 unspecified atom stereocenters. The number of aromatic nitrogens is 2. The average molecular weight is 379 g/mol. The molecule has 0 radical (unpaired) electrons. The molecule has 0 aliphatic carbocycles. The molecule has 0 spiro atoms. The van der Waals surface area contributed by atoms with Crippen molar-refractivity contribution in [1.29, 1.82) is 0 Å². The Morgan fingerprint density at radius 1 is 1.18 bits per heavy atom. The topological polar surface area (TPSA) is 90.3 Å². The van der Waals surface area contributed by atoms with Crippen molar-refractivity contribution < 1.29 is 14.3 Å². The Kier molecular flexibility index (Phi) is 5.54. The van der Waals surface area contributed by atoms with Crippen LogP contribution in [-0.4, -0.2) is 34.8 Å². The van der Waals surface area contributed by atoms with Crippen LogP contribution >= 0.6 is 0 Å². The van der Waals surface area contributed by atoms with Crippen molar-refractivity contribution >= 4 is 22.8 Å². The highest BCUT2D eigenvalue weighted by atomic mass is 16.5. The van der Waals surface area contributed by atoms with Gasteiger partial charge in [-0.1, -0.05) is 42.0 Å². The Morgan fingerprint density at radius 2 is 1.89 bits per heavy atom. The van der Waals surface area contributed by atoms with Crippen LogP contribution in [-0.2, 0) is 23.0 Å². The van der Waals surface area contributed by atoms with Gasteiger partial charge in [-0.25, -0.2) is 4.79 Å². The summed E-state index contributed by atoms with van der Waals surface area (Å²) in [5.41, 5.74) is 1.65. The summed E-state index contributed by atoms with van der Waals surface area (Å²) in [6.07, 6.45) is 0.242. The summed E-state index contributed by atoms with van der Waals surface area (Å²) in [5.74, 6) is -1.30. The lowest BCUT2D eigenvalue weighted by Gasteiger charge is -2.17. The van der Waals surface area contributed by atoms with Gasteiger partial charge in [0.25, 0.3) is 5.91 Å². The van der Waals surface area contributed by atoms with Gasteiger partial charge in [0.1, 0.15) is 6.04 Å². The fourth-order valence-corrected chi connectivity index (χ4v) is 3.05. The zero-order valence-electron chi connectivity index (χ0n) is 15.9. The van der Waals surface area contributed by atoms with Crippen LogP contribution in [0.25, 0.3) is 10.9 Å². The van der Waals surface area contributed by atoms with Gasteiger partial charge >= 0.3 is 5.97 Å². The van der Waals surface area contributed by atoms with Gasteiger partial charge in [-0.3, -0.25) is 14.3 Å². The zero-order chi connectivity index (χ0) is 20.3. The van der Waals surface area contributed by atoms with E-state index in [1.54, 1.807) is 19.2 Å². The van der Waals surface area contributed by atoms with Gasteiger partial charge in [0, 0.05) is 13.5 Å². The molecule has 1 amide bonds.